The number of esters is 2. The highest BCUT2D eigenvalue weighted by Gasteiger charge is 2.34. The summed E-state index contributed by atoms with van der Waals surface area (Å²) in [6.07, 6.45) is 1.22. The molecule has 1 heterocycles. The molecule has 0 N–H and O–H groups in total. The van der Waals surface area contributed by atoms with E-state index < -0.39 is 21.9 Å². The van der Waals surface area contributed by atoms with Crippen molar-refractivity contribution < 1.29 is 27.5 Å². The summed E-state index contributed by atoms with van der Waals surface area (Å²) < 4.78 is 36.7. The summed E-state index contributed by atoms with van der Waals surface area (Å²) >= 11 is 0. The highest BCUT2D eigenvalue weighted by molar-refractivity contribution is 7.89. The molecule has 2 rings (SSSR count). The van der Waals surface area contributed by atoms with Gasteiger partial charge < -0.3 is 9.47 Å². The van der Waals surface area contributed by atoms with Crippen LogP contribution < -0.4 is 0 Å². The lowest BCUT2D eigenvalue weighted by Gasteiger charge is -2.30. The number of ether oxygens (including phenoxy) is 2. The van der Waals surface area contributed by atoms with Crippen LogP contribution in [0, 0.1) is 5.92 Å². The predicted molar refractivity (Wildman–Crippen MR) is 90.5 cm³/mol. The molecule has 0 saturated carbocycles. The lowest BCUT2D eigenvalue weighted by Crippen LogP contribution is -2.42. The van der Waals surface area contributed by atoms with Gasteiger partial charge in [0.15, 0.2) is 0 Å². The van der Waals surface area contributed by atoms with Gasteiger partial charge >= 0.3 is 11.9 Å². The lowest BCUT2D eigenvalue weighted by atomic mass is 10.0. The summed E-state index contributed by atoms with van der Waals surface area (Å²) in [6, 6.07) is 5.63. The number of piperidine rings is 1. The van der Waals surface area contributed by atoms with Crippen LogP contribution in [-0.4, -0.2) is 51.0 Å². The Labute approximate surface area is 148 Å². The zero-order valence-corrected chi connectivity index (χ0v) is 15.3. The van der Waals surface area contributed by atoms with E-state index >= 15 is 0 Å². The van der Waals surface area contributed by atoms with E-state index in [9.17, 15) is 18.0 Å². The minimum Gasteiger partial charge on any atom is -0.466 e. The Morgan fingerprint density at radius 3 is 2.36 bits per heavy atom. The first kappa shape index (κ1) is 19.4. The Bertz CT molecular complexity index is 713. The Morgan fingerprint density at radius 1 is 1.12 bits per heavy atom. The van der Waals surface area contributed by atoms with Gasteiger partial charge in [-0.1, -0.05) is 0 Å². The fraction of sp³-hybridized carbons (Fsp3) is 0.529. The molecule has 1 aliphatic rings. The summed E-state index contributed by atoms with van der Waals surface area (Å²) in [5, 5.41) is 0. The first-order valence-corrected chi connectivity index (χ1v) is 9.78. The van der Waals surface area contributed by atoms with Crippen molar-refractivity contribution in [2.75, 3.05) is 26.3 Å². The average molecular weight is 369 g/mol. The van der Waals surface area contributed by atoms with E-state index in [0.717, 1.165) is 0 Å². The molecule has 0 aliphatic carbocycles. The molecule has 1 aromatic carbocycles. The van der Waals surface area contributed by atoms with E-state index in [1.54, 1.807) is 13.8 Å². The molecule has 1 fully saturated rings. The van der Waals surface area contributed by atoms with Crippen molar-refractivity contribution in [3.8, 4) is 0 Å². The second-order valence-corrected chi connectivity index (χ2v) is 7.64. The van der Waals surface area contributed by atoms with E-state index in [1.165, 1.54) is 28.6 Å². The Kier molecular flexibility index (Phi) is 6.55. The number of carbonyl (C=O) groups is 2. The maximum atomic E-state index is 12.8. The second-order valence-electron chi connectivity index (χ2n) is 5.70. The molecular weight excluding hydrogens is 346 g/mol. The molecule has 0 amide bonds. The minimum atomic E-state index is -3.72. The number of nitrogens with zero attached hydrogens (tertiary/aromatic N) is 1. The van der Waals surface area contributed by atoms with Crippen LogP contribution in [0.15, 0.2) is 29.2 Å². The monoisotopic (exact) mass is 369 g/mol. The first-order chi connectivity index (χ1) is 11.9. The van der Waals surface area contributed by atoms with Crippen molar-refractivity contribution in [1.82, 2.24) is 4.31 Å². The van der Waals surface area contributed by atoms with Gasteiger partial charge in [0, 0.05) is 13.1 Å². The molecule has 0 bridgehead atoms. The largest absolute Gasteiger partial charge is 0.466 e. The normalized spacial score (nSPS) is 18.6. The van der Waals surface area contributed by atoms with Gasteiger partial charge in [-0.2, -0.15) is 4.31 Å². The third kappa shape index (κ3) is 4.58. The van der Waals surface area contributed by atoms with Crippen molar-refractivity contribution in [3.05, 3.63) is 29.8 Å². The molecule has 1 unspecified atom stereocenters. The quantitative estimate of drug-likeness (QED) is 0.711. The summed E-state index contributed by atoms with van der Waals surface area (Å²) in [4.78, 5) is 23.6. The van der Waals surface area contributed by atoms with Gasteiger partial charge in [-0.15, -0.1) is 0 Å². The number of rotatable bonds is 6. The average Bonchev–Trinajstić information content (AvgIpc) is 2.62. The molecule has 0 spiro atoms. The molecule has 0 aromatic heterocycles. The van der Waals surface area contributed by atoms with Gasteiger partial charge in [-0.3, -0.25) is 4.79 Å². The van der Waals surface area contributed by atoms with E-state index in [2.05, 4.69) is 0 Å². The Hall–Kier alpha value is -1.93. The molecule has 0 radical (unpaired) electrons. The van der Waals surface area contributed by atoms with Gasteiger partial charge in [0.2, 0.25) is 10.0 Å². The Balaban J connectivity index is 2.14. The maximum Gasteiger partial charge on any atom is 0.338 e. The maximum absolute atomic E-state index is 12.8. The summed E-state index contributed by atoms with van der Waals surface area (Å²) in [5.74, 6) is -1.30. The van der Waals surface area contributed by atoms with Crippen molar-refractivity contribution in [3.63, 3.8) is 0 Å². The van der Waals surface area contributed by atoms with Gasteiger partial charge in [0.1, 0.15) is 0 Å². The number of benzene rings is 1. The molecule has 1 atom stereocenters. The molecule has 1 aromatic rings. The van der Waals surface area contributed by atoms with Crippen LogP contribution in [0.3, 0.4) is 0 Å². The van der Waals surface area contributed by atoms with Crippen LogP contribution >= 0.6 is 0 Å². The minimum absolute atomic E-state index is 0.0880. The standard InChI is InChI=1S/C17H23NO6S/c1-3-23-16(19)13-7-9-15(10-8-13)25(21,22)18-11-5-6-14(12-18)17(20)24-4-2/h7-10,14H,3-6,11-12H2,1-2H3. The van der Waals surface area contributed by atoms with Crippen molar-refractivity contribution in [2.24, 2.45) is 5.92 Å². The highest BCUT2D eigenvalue weighted by Crippen LogP contribution is 2.25. The number of hydrogen-bond donors (Lipinski definition) is 0. The smallest absolute Gasteiger partial charge is 0.338 e. The third-order valence-electron chi connectivity index (χ3n) is 4.01. The molecule has 1 saturated heterocycles. The molecule has 25 heavy (non-hydrogen) atoms. The number of carbonyl (C=O) groups excluding carboxylic acids is 2. The zero-order valence-electron chi connectivity index (χ0n) is 14.4. The lowest BCUT2D eigenvalue weighted by molar-refractivity contribution is -0.149. The van der Waals surface area contributed by atoms with Gasteiger partial charge in [0.05, 0.1) is 29.6 Å². The zero-order chi connectivity index (χ0) is 18.4. The second kappa shape index (κ2) is 8.44. The molecule has 7 nitrogen and oxygen atoms in total. The summed E-state index contributed by atoms with van der Waals surface area (Å²) in [6.45, 7) is 4.42. The fourth-order valence-corrected chi connectivity index (χ4v) is 4.26. The summed E-state index contributed by atoms with van der Waals surface area (Å²) in [5.41, 5.74) is 0.295. The SMILES string of the molecule is CCOC(=O)c1ccc(S(=O)(=O)N2CCCC(C(=O)OCC)C2)cc1. The summed E-state index contributed by atoms with van der Waals surface area (Å²) in [7, 11) is -3.72. The number of sulfonamides is 1. The van der Waals surface area contributed by atoms with Crippen LogP contribution in [0.1, 0.15) is 37.0 Å². The molecule has 138 valence electrons. The van der Waals surface area contributed by atoms with E-state index in [4.69, 9.17) is 9.47 Å². The van der Waals surface area contributed by atoms with Crippen LogP contribution in [0.4, 0.5) is 0 Å². The number of hydrogen-bond acceptors (Lipinski definition) is 6. The first-order valence-electron chi connectivity index (χ1n) is 8.34. The van der Waals surface area contributed by atoms with Crippen LogP contribution in [0.25, 0.3) is 0 Å². The van der Waals surface area contributed by atoms with Gasteiger partial charge in [-0.05, 0) is 51.0 Å². The third-order valence-corrected chi connectivity index (χ3v) is 5.89. The molecule has 8 heteroatoms. The van der Waals surface area contributed by atoms with Crippen molar-refractivity contribution in [2.45, 2.75) is 31.6 Å². The van der Waals surface area contributed by atoms with E-state index in [1.807, 2.05) is 0 Å². The van der Waals surface area contributed by atoms with Gasteiger partial charge in [-0.25, -0.2) is 13.2 Å². The van der Waals surface area contributed by atoms with E-state index in [0.29, 0.717) is 24.9 Å². The highest BCUT2D eigenvalue weighted by atomic mass is 32.2. The van der Waals surface area contributed by atoms with Crippen LogP contribution in [0.2, 0.25) is 0 Å². The fourth-order valence-electron chi connectivity index (χ4n) is 2.74. The van der Waals surface area contributed by atoms with Crippen molar-refractivity contribution >= 4 is 22.0 Å². The van der Waals surface area contributed by atoms with Crippen LogP contribution in [-0.2, 0) is 24.3 Å². The predicted octanol–water partition coefficient (Wildman–Crippen LogP) is 1.83. The topological polar surface area (TPSA) is 90.0 Å². The molecule has 1 aliphatic heterocycles. The van der Waals surface area contributed by atoms with E-state index in [-0.39, 0.29) is 30.6 Å². The Morgan fingerprint density at radius 2 is 1.76 bits per heavy atom. The van der Waals surface area contributed by atoms with Crippen molar-refractivity contribution in [1.29, 1.82) is 0 Å². The van der Waals surface area contributed by atoms with Crippen LogP contribution in [0.5, 0.6) is 0 Å². The van der Waals surface area contributed by atoms with Gasteiger partial charge in [0.25, 0.3) is 0 Å². The molecular formula is C17H23NO6S.